The Morgan fingerprint density at radius 2 is 2.15 bits per heavy atom. The van der Waals surface area contributed by atoms with Crippen molar-refractivity contribution in [1.29, 1.82) is 5.26 Å². The lowest BCUT2D eigenvalue weighted by molar-refractivity contribution is -0.140. The van der Waals surface area contributed by atoms with E-state index < -0.39 is 5.92 Å². The molecule has 4 heteroatoms. The standard InChI is InChI=1S/C9H15N3O/c1-7(4-10)9(13)12-5-8(6-12)11(2)3/h7-8H,5-6H2,1-3H3. The molecule has 1 saturated heterocycles. The van der Waals surface area contributed by atoms with Crippen molar-refractivity contribution in [1.82, 2.24) is 9.80 Å². The van der Waals surface area contributed by atoms with Crippen LogP contribution in [0.4, 0.5) is 0 Å². The third-order valence-electron chi connectivity index (χ3n) is 2.47. The van der Waals surface area contributed by atoms with Gasteiger partial charge in [-0.25, -0.2) is 0 Å². The van der Waals surface area contributed by atoms with Crippen molar-refractivity contribution in [2.75, 3.05) is 27.2 Å². The Bertz CT molecular complexity index is 238. The van der Waals surface area contributed by atoms with Crippen LogP contribution in [0.15, 0.2) is 0 Å². The molecule has 1 atom stereocenters. The molecule has 4 nitrogen and oxygen atoms in total. The molecule has 0 aliphatic carbocycles. The van der Waals surface area contributed by atoms with Crippen LogP contribution in [0.25, 0.3) is 0 Å². The summed E-state index contributed by atoms with van der Waals surface area (Å²) in [6, 6.07) is 2.42. The summed E-state index contributed by atoms with van der Waals surface area (Å²) in [7, 11) is 4.00. The molecule has 1 unspecified atom stereocenters. The van der Waals surface area contributed by atoms with E-state index in [2.05, 4.69) is 4.90 Å². The Morgan fingerprint density at radius 3 is 2.54 bits per heavy atom. The predicted molar refractivity (Wildman–Crippen MR) is 48.8 cm³/mol. The van der Waals surface area contributed by atoms with Gasteiger partial charge in [-0.1, -0.05) is 0 Å². The van der Waals surface area contributed by atoms with Crippen molar-refractivity contribution in [3.8, 4) is 6.07 Å². The van der Waals surface area contributed by atoms with Crippen molar-refractivity contribution in [3.63, 3.8) is 0 Å². The molecule has 0 aromatic rings. The van der Waals surface area contributed by atoms with Crippen molar-refractivity contribution < 1.29 is 4.79 Å². The van der Waals surface area contributed by atoms with Crippen LogP contribution >= 0.6 is 0 Å². The number of likely N-dealkylation sites (N-methyl/N-ethyl adjacent to an activating group) is 1. The topological polar surface area (TPSA) is 47.3 Å². The Morgan fingerprint density at radius 1 is 1.62 bits per heavy atom. The van der Waals surface area contributed by atoms with Gasteiger partial charge >= 0.3 is 0 Å². The highest BCUT2D eigenvalue weighted by molar-refractivity contribution is 5.81. The first-order chi connectivity index (χ1) is 6.06. The van der Waals surface area contributed by atoms with Gasteiger partial charge in [-0.15, -0.1) is 0 Å². The largest absolute Gasteiger partial charge is 0.338 e. The maximum atomic E-state index is 11.4. The Labute approximate surface area is 78.7 Å². The van der Waals surface area contributed by atoms with Crippen LogP contribution in [-0.2, 0) is 4.79 Å². The zero-order valence-electron chi connectivity index (χ0n) is 8.32. The van der Waals surface area contributed by atoms with Crippen LogP contribution < -0.4 is 0 Å². The van der Waals surface area contributed by atoms with Gasteiger partial charge in [0.05, 0.1) is 6.07 Å². The van der Waals surface area contributed by atoms with Crippen LogP contribution in [0.1, 0.15) is 6.92 Å². The fraction of sp³-hybridized carbons (Fsp3) is 0.778. The highest BCUT2D eigenvalue weighted by atomic mass is 16.2. The molecule has 1 rings (SSSR count). The second-order valence-corrected chi connectivity index (χ2v) is 3.71. The highest BCUT2D eigenvalue weighted by Gasteiger charge is 2.33. The second kappa shape index (κ2) is 3.75. The van der Waals surface area contributed by atoms with E-state index in [1.54, 1.807) is 11.8 Å². The SMILES string of the molecule is CC(C#N)C(=O)N1CC(N(C)C)C1. The minimum atomic E-state index is -0.497. The van der Waals surface area contributed by atoms with Gasteiger partial charge in [0.1, 0.15) is 5.92 Å². The van der Waals surface area contributed by atoms with Gasteiger partial charge in [0.2, 0.25) is 5.91 Å². The molecule has 1 heterocycles. The minimum Gasteiger partial charge on any atom is -0.338 e. The van der Waals surface area contributed by atoms with E-state index >= 15 is 0 Å². The van der Waals surface area contributed by atoms with E-state index in [4.69, 9.17) is 5.26 Å². The van der Waals surface area contributed by atoms with Gasteiger partial charge in [-0.3, -0.25) is 4.79 Å². The molecule has 0 aromatic heterocycles. The van der Waals surface area contributed by atoms with Crippen LogP contribution in [0.3, 0.4) is 0 Å². The number of nitriles is 1. The van der Waals surface area contributed by atoms with E-state index in [0.29, 0.717) is 6.04 Å². The summed E-state index contributed by atoms with van der Waals surface area (Å²) in [4.78, 5) is 15.2. The molecule has 0 spiro atoms. The summed E-state index contributed by atoms with van der Waals surface area (Å²) in [6.07, 6.45) is 0. The number of carbonyl (C=O) groups is 1. The fourth-order valence-corrected chi connectivity index (χ4v) is 1.29. The van der Waals surface area contributed by atoms with E-state index in [1.165, 1.54) is 0 Å². The molecule has 1 fully saturated rings. The molecular weight excluding hydrogens is 166 g/mol. The number of hydrogen-bond donors (Lipinski definition) is 0. The number of nitrogens with zero attached hydrogens (tertiary/aromatic N) is 3. The number of rotatable bonds is 2. The lowest BCUT2D eigenvalue weighted by atomic mass is 10.0. The molecule has 1 aliphatic rings. The monoisotopic (exact) mass is 181 g/mol. The Kier molecular flexibility index (Phi) is 2.89. The van der Waals surface area contributed by atoms with Crippen molar-refractivity contribution >= 4 is 5.91 Å². The Hall–Kier alpha value is -1.08. The van der Waals surface area contributed by atoms with E-state index in [-0.39, 0.29) is 5.91 Å². The lowest BCUT2D eigenvalue weighted by Crippen LogP contribution is -2.60. The third-order valence-corrected chi connectivity index (χ3v) is 2.47. The second-order valence-electron chi connectivity index (χ2n) is 3.71. The van der Waals surface area contributed by atoms with Crippen LogP contribution in [0.2, 0.25) is 0 Å². The quantitative estimate of drug-likeness (QED) is 0.598. The lowest BCUT2D eigenvalue weighted by Gasteiger charge is -2.43. The molecule has 0 radical (unpaired) electrons. The van der Waals surface area contributed by atoms with Crippen molar-refractivity contribution in [3.05, 3.63) is 0 Å². The summed E-state index contributed by atoms with van der Waals surface area (Å²) < 4.78 is 0. The summed E-state index contributed by atoms with van der Waals surface area (Å²) in [5, 5.41) is 8.54. The first-order valence-corrected chi connectivity index (χ1v) is 4.41. The zero-order valence-corrected chi connectivity index (χ0v) is 8.32. The Balaban J connectivity index is 2.36. The normalized spacial score (nSPS) is 19.5. The molecule has 1 amide bonds. The molecular formula is C9H15N3O. The first-order valence-electron chi connectivity index (χ1n) is 4.41. The average molecular weight is 181 g/mol. The van der Waals surface area contributed by atoms with Crippen molar-refractivity contribution in [2.45, 2.75) is 13.0 Å². The zero-order chi connectivity index (χ0) is 10.0. The molecule has 0 aromatic carbocycles. The number of carbonyl (C=O) groups excluding carboxylic acids is 1. The van der Waals surface area contributed by atoms with Gasteiger partial charge in [-0.05, 0) is 21.0 Å². The molecule has 13 heavy (non-hydrogen) atoms. The molecule has 0 bridgehead atoms. The maximum absolute atomic E-state index is 11.4. The van der Waals surface area contributed by atoms with E-state index in [0.717, 1.165) is 13.1 Å². The number of amides is 1. The van der Waals surface area contributed by atoms with Gasteiger partial charge < -0.3 is 9.80 Å². The van der Waals surface area contributed by atoms with E-state index in [9.17, 15) is 4.79 Å². The summed E-state index contributed by atoms with van der Waals surface area (Å²) in [5.41, 5.74) is 0. The van der Waals surface area contributed by atoms with Gasteiger partial charge in [0.25, 0.3) is 0 Å². The molecule has 72 valence electrons. The predicted octanol–water partition coefficient (Wildman–Crippen LogP) is -0.0815. The van der Waals surface area contributed by atoms with Gasteiger partial charge in [0, 0.05) is 19.1 Å². The van der Waals surface area contributed by atoms with E-state index in [1.807, 2.05) is 20.2 Å². The van der Waals surface area contributed by atoms with Crippen molar-refractivity contribution in [2.24, 2.45) is 5.92 Å². The van der Waals surface area contributed by atoms with Crippen LogP contribution in [0.5, 0.6) is 0 Å². The molecule has 1 aliphatic heterocycles. The maximum Gasteiger partial charge on any atom is 0.239 e. The molecule has 0 saturated carbocycles. The summed E-state index contributed by atoms with van der Waals surface area (Å²) >= 11 is 0. The fourth-order valence-electron chi connectivity index (χ4n) is 1.29. The number of hydrogen-bond acceptors (Lipinski definition) is 3. The summed E-state index contributed by atoms with van der Waals surface area (Å²) in [6.45, 7) is 3.17. The molecule has 0 N–H and O–H groups in total. The minimum absolute atomic E-state index is 0.0411. The van der Waals surface area contributed by atoms with Gasteiger partial charge in [-0.2, -0.15) is 5.26 Å². The van der Waals surface area contributed by atoms with Gasteiger partial charge in [0.15, 0.2) is 0 Å². The number of likely N-dealkylation sites (tertiary alicyclic amines) is 1. The third kappa shape index (κ3) is 1.99. The highest BCUT2D eigenvalue weighted by Crippen LogP contribution is 2.15. The average Bonchev–Trinajstić information content (AvgIpc) is 1.99. The van der Waals surface area contributed by atoms with Crippen LogP contribution in [0, 0.1) is 17.2 Å². The summed E-state index contributed by atoms with van der Waals surface area (Å²) in [5.74, 6) is -0.538. The van der Waals surface area contributed by atoms with Crippen LogP contribution in [-0.4, -0.2) is 48.9 Å². The smallest absolute Gasteiger partial charge is 0.239 e. The first kappa shape index (κ1) is 10.0.